The third kappa shape index (κ3) is 3.70. The number of H-pyrrole nitrogens is 1. The van der Waals surface area contributed by atoms with Crippen LogP contribution < -0.4 is 4.90 Å². The molecule has 0 atom stereocenters. The quantitative estimate of drug-likeness (QED) is 0.239. The van der Waals surface area contributed by atoms with Gasteiger partial charge in [0.2, 0.25) is 0 Å². The maximum absolute atomic E-state index is 14.1. The van der Waals surface area contributed by atoms with E-state index in [1.165, 1.54) is 10.9 Å². The van der Waals surface area contributed by atoms with E-state index in [2.05, 4.69) is 74.2 Å². The zero-order valence-electron chi connectivity index (χ0n) is 24.5. The number of aromatic amines is 1. The van der Waals surface area contributed by atoms with E-state index >= 15 is 0 Å². The Kier molecular flexibility index (Phi) is 5.51. The van der Waals surface area contributed by atoms with E-state index in [0.29, 0.717) is 30.1 Å². The lowest BCUT2D eigenvalue weighted by Gasteiger charge is -2.24. The molecule has 8 rings (SSSR count). The summed E-state index contributed by atoms with van der Waals surface area (Å²) in [5.74, 6) is 2.59. The topological polar surface area (TPSA) is 92.8 Å². The van der Waals surface area contributed by atoms with Gasteiger partial charge in [-0.05, 0) is 70.7 Å². The molecule has 0 aliphatic heterocycles. The van der Waals surface area contributed by atoms with Gasteiger partial charge in [0, 0.05) is 54.6 Å². The molecule has 5 heterocycles. The normalized spacial score (nSPS) is 15.3. The highest BCUT2D eigenvalue weighted by Gasteiger charge is 2.43. The van der Waals surface area contributed by atoms with Gasteiger partial charge < -0.3 is 18.6 Å². The fourth-order valence-electron chi connectivity index (χ4n) is 6.63. The zero-order chi connectivity index (χ0) is 28.7. The first-order chi connectivity index (χ1) is 20.5. The number of hydrogen-bond donors (Lipinski definition) is 1. The first kappa shape index (κ1) is 25.1. The van der Waals surface area contributed by atoms with Crippen LogP contribution in [0.3, 0.4) is 0 Å². The van der Waals surface area contributed by atoms with Crippen LogP contribution in [0.4, 0.5) is 17.5 Å². The third-order valence-electron chi connectivity index (χ3n) is 8.85. The number of benzene rings is 1. The Bertz CT molecular complexity index is 1970. The van der Waals surface area contributed by atoms with Crippen molar-refractivity contribution in [1.29, 1.82) is 0 Å². The molecule has 2 aliphatic rings. The molecule has 6 aromatic rings. The minimum atomic E-state index is 0.128. The molecule has 0 unspecified atom stereocenters. The van der Waals surface area contributed by atoms with E-state index in [-0.39, 0.29) is 5.91 Å². The minimum absolute atomic E-state index is 0.128. The molecule has 2 fully saturated rings. The standard InChI is InChI=1S/C32H35N9O/c1-5-38-24-12-7-19(3)15-20(24)16-27(38)41(26-13-14-34-36-26)31-28-29(37(4)18-33-28)23-17-25(39(6-2)30(23)35-31)32(42)40(21-8-9-21)22-10-11-22/h7,12-18,21-22H,5-6,8-11H2,1-4H3,(H,34,36). The van der Waals surface area contributed by atoms with Crippen LogP contribution in [0.5, 0.6) is 0 Å². The smallest absolute Gasteiger partial charge is 0.271 e. The Hall–Kier alpha value is -4.60. The van der Waals surface area contributed by atoms with Crippen LogP contribution in [0.25, 0.3) is 33.0 Å². The largest absolute Gasteiger partial charge is 0.333 e. The average Bonchev–Trinajstić information content (AvgIpc) is 3.81. The van der Waals surface area contributed by atoms with E-state index in [4.69, 9.17) is 9.97 Å². The predicted molar refractivity (Wildman–Crippen MR) is 165 cm³/mol. The van der Waals surface area contributed by atoms with Crippen LogP contribution in [-0.4, -0.2) is 56.8 Å². The highest BCUT2D eigenvalue weighted by Crippen LogP contribution is 2.43. The number of imidazole rings is 1. The molecule has 0 spiro atoms. The summed E-state index contributed by atoms with van der Waals surface area (Å²) < 4.78 is 6.43. The monoisotopic (exact) mass is 561 g/mol. The van der Waals surface area contributed by atoms with Gasteiger partial charge in [0.1, 0.15) is 28.5 Å². The molecule has 0 radical (unpaired) electrons. The lowest BCUT2D eigenvalue weighted by Crippen LogP contribution is -2.36. The van der Waals surface area contributed by atoms with Gasteiger partial charge in [0.25, 0.3) is 5.91 Å². The number of rotatable bonds is 8. The van der Waals surface area contributed by atoms with E-state index in [1.54, 1.807) is 6.20 Å². The Balaban J connectivity index is 1.40. The van der Waals surface area contributed by atoms with Crippen molar-refractivity contribution in [2.24, 2.45) is 7.05 Å². The van der Waals surface area contributed by atoms with Gasteiger partial charge in [-0.25, -0.2) is 9.97 Å². The number of nitrogens with zero attached hydrogens (tertiary/aromatic N) is 8. The van der Waals surface area contributed by atoms with Crippen molar-refractivity contribution in [3.8, 4) is 0 Å². The number of pyridine rings is 1. The molecule has 0 saturated heterocycles. The molecule has 214 valence electrons. The SMILES string of the molecule is CCn1c(N(c2ccn[nH]2)c2nc3c(cc(C(=O)N(C4CC4)C4CC4)n3CC)c3c2ncn3C)cc2cc(C)ccc21. The maximum atomic E-state index is 14.1. The number of aromatic nitrogens is 7. The van der Waals surface area contributed by atoms with Crippen LogP contribution in [0.2, 0.25) is 0 Å². The van der Waals surface area contributed by atoms with Crippen LogP contribution in [-0.2, 0) is 20.1 Å². The summed E-state index contributed by atoms with van der Waals surface area (Å²) in [5, 5.41) is 9.61. The van der Waals surface area contributed by atoms with Gasteiger partial charge in [0.05, 0.1) is 18.0 Å². The summed E-state index contributed by atoms with van der Waals surface area (Å²) in [4.78, 5) is 28.6. The predicted octanol–water partition coefficient (Wildman–Crippen LogP) is 6.19. The Labute approximate surface area is 243 Å². The minimum Gasteiger partial charge on any atom is -0.333 e. The summed E-state index contributed by atoms with van der Waals surface area (Å²) in [5.41, 5.74) is 5.61. The van der Waals surface area contributed by atoms with Crippen molar-refractivity contribution in [2.45, 2.75) is 71.6 Å². The van der Waals surface area contributed by atoms with Gasteiger partial charge >= 0.3 is 0 Å². The van der Waals surface area contributed by atoms with Crippen molar-refractivity contribution in [3.05, 3.63) is 60.2 Å². The summed E-state index contributed by atoms with van der Waals surface area (Å²) in [6, 6.07) is 13.5. The number of nitrogens with one attached hydrogen (secondary N) is 1. The molecular formula is C32H35N9O. The number of hydrogen-bond acceptors (Lipinski definition) is 5. The van der Waals surface area contributed by atoms with E-state index in [1.807, 2.05) is 30.1 Å². The molecule has 1 amide bonds. The van der Waals surface area contributed by atoms with Crippen molar-refractivity contribution < 1.29 is 4.79 Å². The first-order valence-corrected chi connectivity index (χ1v) is 15.0. The van der Waals surface area contributed by atoms with E-state index < -0.39 is 0 Å². The first-order valence-electron chi connectivity index (χ1n) is 15.0. The van der Waals surface area contributed by atoms with Gasteiger partial charge in [-0.3, -0.25) is 14.8 Å². The summed E-state index contributed by atoms with van der Waals surface area (Å²) in [6.45, 7) is 7.79. The zero-order valence-corrected chi connectivity index (χ0v) is 24.5. The number of aryl methyl sites for hydroxylation is 4. The van der Waals surface area contributed by atoms with Gasteiger partial charge in [-0.2, -0.15) is 5.10 Å². The Morgan fingerprint density at radius 3 is 2.45 bits per heavy atom. The molecule has 10 heteroatoms. The second kappa shape index (κ2) is 9.20. The van der Waals surface area contributed by atoms with Crippen molar-refractivity contribution in [1.82, 2.24) is 38.8 Å². The van der Waals surface area contributed by atoms with Crippen molar-refractivity contribution in [3.63, 3.8) is 0 Å². The van der Waals surface area contributed by atoms with Crippen molar-refractivity contribution >= 4 is 56.3 Å². The van der Waals surface area contributed by atoms with Crippen LogP contribution in [0, 0.1) is 6.92 Å². The van der Waals surface area contributed by atoms with Crippen molar-refractivity contribution in [2.75, 3.05) is 4.90 Å². The number of anilines is 3. The Morgan fingerprint density at radius 2 is 1.79 bits per heavy atom. The van der Waals surface area contributed by atoms with Gasteiger partial charge in [0.15, 0.2) is 5.82 Å². The maximum Gasteiger partial charge on any atom is 0.271 e. The second-order valence-corrected chi connectivity index (χ2v) is 11.8. The van der Waals surface area contributed by atoms with E-state index in [9.17, 15) is 4.79 Å². The lowest BCUT2D eigenvalue weighted by atomic mass is 10.2. The van der Waals surface area contributed by atoms with Crippen LogP contribution >= 0.6 is 0 Å². The Morgan fingerprint density at radius 1 is 1.02 bits per heavy atom. The molecule has 2 aliphatic carbocycles. The third-order valence-corrected chi connectivity index (χ3v) is 8.85. The fourth-order valence-corrected chi connectivity index (χ4v) is 6.63. The van der Waals surface area contributed by atoms with E-state index in [0.717, 1.165) is 71.4 Å². The van der Waals surface area contributed by atoms with Gasteiger partial charge in [-0.15, -0.1) is 0 Å². The average molecular weight is 562 g/mol. The lowest BCUT2D eigenvalue weighted by molar-refractivity contribution is 0.0719. The number of carbonyl (C=O) groups is 1. The van der Waals surface area contributed by atoms with Crippen LogP contribution in [0.1, 0.15) is 55.6 Å². The summed E-state index contributed by atoms with van der Waals surface area (Å²) in [6.07, 6.45) is 8.01. The molecular weight excluding hydrogens is 526 g/mol. The molecule has 1 N–H and O–H groups in total. The molecule has 10 nitrogen and oxygen atoms in total. The molecule has 5 aromatic heterocycles. The molecule has 42 heavy (non-hydrogen) atoms. The highest BCUT2D eigenvalue weighted by atomic mass is 16.2. The molecule has 1 aromatic carbocycles. The highest BCUT2D eigenvalue weighted by molar-refractivity contribution is 6.11. The number of carbonyl (C=O) groups excluding carboxylic acids is 1. The van der Waals surface area contributed by atoms with Crippen LogP contribution in [0.15, 0.2) is 48.9 Å². The second-order valence-electron chi connectivity index (χ2n) is 11.8. The number of fused-ring (bicyclic) bond motifs is 4. The summed E-state index contributed by atoms with van der Waals surface area (Å²) >= 11 is 0. The van der Waals surface area contributed by atoms with Gasteiger partial charge in [-0.1, -0.05) is 11.6 Å². The molecule has 2 saturated carbocycles. The fraction of sp³-hybridized carbons (Fsp3) is 0.375. The molecule has 0 bridgehead atoms. The summed E-state index contributed by atoms with van der Waals surface area (Å²) in [7, 11) is 2.01. The number of amides is 1.